The second-order valence-corrected chi connectivity index (χ2v) is 14.3. The van der Waals surface area contributed by atoms with E-state index in [0.29, 0.717) is 0 Å². The summed E-state index contributed by atoms with van der Waals surface area (Å²) in [6.45, 7) is 4.25. The van der Waals surface area contributed by atoms with Gasteiger partial charge in [0.25, 0.3) is 0 Å². The highest BCUT2D eigenvalue weighted by atomic mass is 32.1. The molecule has 8 rings (SSSR count). The Labute approximate surface area is 247 Å². The normalized spacial score (nSPS) is 11.8. The van der Waals surface area contributed by atoms with Crippen LogP contribution in [0.3, 0.4) is 0 Å². The number of fused-ring (bicyclic) bond motifs is 3. The van der Waals surface area contributed by atoms with Crippen LogP contribution in [0.2, 0.25) is 0 Å². The third kappa shape index (κ3) is 4.28. The Morgan fingerprint density at radius 3 is 1.25 bits per heavy atom. The van der Waals surface area contributed by atoms with Gasteiger partial charge in [-0.15, -0.1) is 45.3 Å². The highest BCUT2D eigenvalue weighted by molar-refractivity contribution is 7.27. The van der Waals surface area contributed by atoms with Crippen molar-refractivity contribution < 1.29 is 0 Å². The maximum Gasteiger partial charge on any atom is 0.134 e. The maximum atomic E-state index is 5.04. The maximum absolute atomic E-state index is 5.04. The molecule has 4 heterocycles. The first-order valence-electron chi connectivity index (χ1n) is 13.1. The lowest BCUT2D eigenvalue weighted by atomic mass is 10.1. The van der Waals surface area contributed by atoms with Crippen LogP contribution in [-0.2, 0) is 0 Å². The molecule has 0 aliphatic rings. The molecule has 0 saturated carbocycles. The second-order valence-electron chi connectivity index (χ2n) is 10.1. The zero-order valence-electron chi connectivity index (χ0n) is 21.8. The second kappa shape index (κ2) is 9.46. The Hall–Kier alpha value is -3.68. The molecule has 4 aromatic heterocycles. The van der Waals surface area contributed by atoms with Crippen molar-refractivity contribution >= 4 is 76.6 Å². The Morgan fingerprint density at radius 1 is 0.425 bits per heavy atom. The van der Waals surface area contributed by atoms with E-state index in [1.165, 1.54) is 61.9 Å². The molecular weight excluding hydrogens is 565 g/mol. The van der Waals surface area contributed by atoms with Crippen molar-refractivity contribution in [1.29, 1.82) is 0 Å². The highest BCUT2D eigenvalue weighted by Gasteiger charge is 2.14. The van der Waals surface area contributed by atoms with Gasteiger partial charge in [-0.25, -0.2) is 9.97 Å². The number of nitrogens with zero attached hydrogens (tertiary/aromatic N) is 2. The molecule has 0 N–H and O–H groups in total. The fourth-order valence-corrected chi connectivity index (χ4v) is 9.08. The summed E-state index contributed by atoms with van der Waals surface area (Å²) in [5.74, 6) is 0. The van der Waals surface area contributed by atoms with Crippen LogP contribution in [0.25, 0.3) is 71.9 Å². The molecule has 0 saturated heterocycles. The van der Waals surface area contributed by atoms with E-state index >= 15 is 0 Å². The lowest BCUT2D eigenvalue weighted by molar-refractivity contribution is 1.48. The minimum absolute atomic E-state index is 1.06. The molecule has 0 spiro atoms. The van der Waals surface area contributed by atoms with E-state index in [0.717, 1.165) is 21.0 Å². The molecule has 0 aliphatic carbocycles. The van der Waals surface area contributed by atoms with Gasteiger partial charge in [0.05, 0.1) is 30.2 Å². The first-order valence-corrected chi connectivity index (χ1v) is 16.3. The molecular formula is C34H22N2S4. The van der Waals surface area contributed by atoms with E-state index in [-0.39, 0.29) is 0 Å². The van der Waals surface area contributed by atoms with Gasteiger partial charge in [0.15, 0.2) is 0 Å². The Kier molecular flexibility index (Phi) is 5.71. The summed E-state index contributed by atoms with van der Waals surface area (Å²) < 4.78 is 2.42. The van der Waals surface area contributed by atoms with Gasteiger partial charge in [-0.3, -0.25) is 0 Å². The van der Waals surface area contributed by atoms with Crippen LogP contribution in [0.4, 0.5) is 0 Å². The van der Waals surface area contributed by atoms with Gasteiger partial charge in [-0.2, -0.15) is 0 Å². The number of thiophene rings is 2. The Bertz CT molecular complexity index is 1950. The Balaban J connectivity index is 1.13. The van der Waals surface area contributed by atoms with Crippen LogP contribution in [0.15, 0.2) is 97.1 Å². The summed E-state index contributed by atoms with van der Waals surface area (Å²) >= 11 is 7.15. The minimum atomic E-state index is 1.06. The number of rotatable bonds is 4. The lowest BCUT2D eigenvalue weighted by Gasteiger charge is -1.97. The zero-order valence-corrected chi connectivity index (χ0v) is 25.0. The van der Waals surface area contributed by atoms with Gasteiger partial charge in [0.1, 0.15) is 10.0 Å². The number of aryl methyl sites for hydroxylation is 2. The van der Waals surface area contributed by atoms with Crippen LogP contribution in [0.1, 0.15) is 11.1 Å². The molecule has 192 valence electrons. The number of hydrogen-bond acceptors (Lipinski definition) is 6. The number of thiazole rings is 2. The summed E-state index contributed by atoms with van der Waals surface area (Å²) in [7, 11) is 0. The molecule has 4 aromatic carbocycles. The van der Waals surface area contributed by atoms with E-state index in [4.69, 9.17) is 9.97 Å². The highest BCUT2D eigenvalue weighted by Crippen LogP contribution is 2.42. The topological polar surface area (TPSA) is 25.8 Å². The van der Waals surface area contributed by atoms with Crippen molar-refractivity contribution in [2.24, 2.45) is 0 Å². The van der Waals surface area contributed by atoms with Gasteiger partial charge in [-0.05, 0) is 84.3 Å². The fraction of sp³-hybridized carbons (Fsp3) is 0.0588. The number of aromatic nitrogens is 2. The standard InChI is InChI=1S/C34H22N2S4/c1-19-3-7-21(8-4-19)27-11-13-29(37-27)33-35-25-15-23-18-32-26(16-24(23)17-31(25)39-33)36-34(40-32)30-14-12-28(38-30)22-9-5-20(2)6-10-22/h3-18H,1-2H3. The van der Waals surface area contributed by atoms with E-state index in [1.807, 2.05) is 22.7 Å². The molecule has 2 nitrogen and oxygen atoms in total. The number of benzene rings is 4. The molecule has 0 radical (unpaired) electrons. The SMILES string of the molecule is Cc1ccc(-c2ccc(-c3nc4cc5cc6sc(-c7ccc(-c8ccc(C)cc8)s7)nc6cc5cc4s3)s2)cc1. The lowest BCUT2D eigenvalue weighted by Crippen LogP contribution is -1.76. The van der Waals surface area contributed by atoms with Crippen molar-refractivity contribution in [2.45, 2.75) is 13.8 Å². The average molecular weight is 587 g/mol. The monoisotopic (exact) mass is 586 g/mol. The van der Waals surface area contributed by atoms with Crippen LogP contribution in [0.5, 0.6) is 0 Å². The van der Waals surface area contributed by atoms with Gasteiger partial charge in [0, 0.05) is 9.75 Å². The first kappa shape index (κ1) is 24.1. The van der Waals surface area contributed by atoms with Gasteiger partial charge in [-0.1, -0.05) is 59.7 Å². The third-order valence-corrected chi connectivity index (χ3v) is 11.8. The minimum Gasteiger partial charge on any atom is -0.235 e. The van der Waals surface area contributed by atoms with E-state index in [2.05, 4.69) is 111 Å². The molecule has 0 bridgehead atoms. The van der Waals surface area contributed by atoms with Gasteiger partial charge < -0.3 is 0 Å². The fourth-order valence-electron chi connectivity index (χ4n) is 4.96. The molecule has 40 heavy (non-hydrogen) atoms. The van der Waals surface area contributed by atoms with Crippen LogP contribution >= 0.6 is 45.3 Å². The first-order chi connectivity index (χ1) is 19.6. The quantitative estimate of drug-likeness (QED) is 0.205. The van der Waals surface area contributed by atoms with Crippen molar-refractivity contribution in [3.8, 4) is 40.7 Å². The smallest absolute Gasteiger partial charge is 0.134 e. The van der Waals surface area contributed by atoms with Crippen LogP contribution in [-0.4, -0.2) is 9.97 Å². The van der Waals surface area contributed by atoms with Crippen molar-refractivity contribution in [3.05, 3.63) is 108 Å². The van der Waals surface area contributed by atoms with Crippen molar-refractivity contribution in [1.82, 2.24) is 9.97 Å². The van der Waals surface area contributed by atoms with Crippen LogP contribution in [0, 0.1) is 13.8 Å². The predicted octanol–water partition coefficient (Wildman–Crippen LogP) is 11.5. The molecule has 0 atom stereocenters. The molecule has 0 unspecified atom stereocenters. The molecule has 6 heteroatoms. The summed E-state index contributed by atoms with van der Waals surface area (Å²) in [6.07, 6.45) is 0. The molecule has 0 amide bonds. The Morgan fingerprint density at radius 2 is 0.825 bits per heavy atom. The molecule has 8 aromatic rings. The van der Waals surface area contributed by atoms with Gasteiger partial charge in [0.2, 0.25) is 0 Å². The summed E-state index contributed by atoms with van der Waals surface area (Å²) in [5, 5.41) is 4.59. The van der Waals surface area contributed by atoms with Crippen LogP contribution < -0.4 is 0 Å². The predicted molar refractivity (Wildman–Crippen MR) is 177 cm³/mol. The van der Waals surface area contributed by atoms with Crippen molar-refractivity contribution in [3.63, 3.8) is 0 Å². The largest absolute Gasteiger partial charge is 0.235 e. The van der Waals surface area contributed by atoms with Crippen molar-refractivity contribution in [2.75, 3.05) is 0 Å². The summed E-state index contributed by atoms with van der Waals surface area (Å²) in [5.41, 5.74) is 7.20. The molecule has 0 aliphatic heterocycles. The number of hydrogen-bond donors (Lipinski definition) is 0. The van der Waals surface area contributed by atoms with E-state index in [9.17, 15) is 0 Å². The summed E-state index contributed by atoms with van der Waals surface area (Å²) in [4.78, 5) is 15.1. The summed E-state index contributed by atoms with van der Waals surface area (Å²) in [6, 6.07) is 35.3. The third-order valence-electron chi connectivity index (χ3n) is 7.16. The molecule has 0 fully saturated rings. The van der Waals surface area contributed by atoms with E-state index in [1.54, 1.807) is 22.7 Å². The zero-order chi connectivity index (χ0) is 26.8. The van der Waals surface area contributed by atoms with E-state index < -0.39 is 0 Å². The van der Waals surface area contributed by atoms with Gasteiger partial charge >= 0.3 is 0 Å². The average Bonchev–Trinajstić information content (AvgIpc) is 3.76.